The summed E-state index contributed by atoms with van der Waals surface area (Å²) in [5, 5.41) is 49.6. The molecule has 2 unspecified atom stereocenters. The lowest BCUT2D eigenvalue weighted by atomic mass is 10.1. The summed E-state index contributed by atoms with van der Waals surface area (Å²) in [4.78, 5) is 0. The van der Waals surface area contributed by atoms with Crippen molar-refractivity contribution < 1.29 is 30.6 Å². The zero-order valence-corrected chi connectivity index (χ0v) is 12.9. The molecule has 6 N–H and O–H groups in total. The molecule has 0 aliphatic carbocycles. The maximum Gasteiger partial charge on any atom is 0.0742 e. The molecule has 126 valence electrons. The van der Waals surface area contributed by atoms with Gasteiger partial charge in [0.2, 0.25) is 0 Å². The second-order valence-electron chi connectivity index (χ2n) is 4.47. The van der Waals surface area contributed by atoms with E-state index in [-0.39, 0.29) is 32.5 Å². The van der Waals surface area contributed by atoms with Gasteiger partial charge in [-0.05, 0) is 45.4 Å². The predicted octanol–water partition coefficient (Wildman–Crippen LogP) is 0.0306. The van der Waals surface area contributed by atoms with Gasteiger partial charge >= 0.3 is 0 Å². The number of hydrogen-bond donors (Lipinski definition) is 6. The third-order valence-corrected chi connectivity index (χ3v) is 2.25. The summed E-state index contributed by atoms with van der Waals surface area (Å²) in [6.45, 7) is 3.99. The van der Waals surface area contributed by atoms with E-state index < -0.39 is 6.10 Å². The van der Waals surface area contributed by atoms with Gasteiger partial charge in [0.1, 0.15) is 0 Å². The van der Waals surface area contributed by atoms with Crippen LogP contribution < -0.4 is 0 Å². The summed E-state index contributed by atoms with van der Waals surface area (Å²) in [6.07, 6.45) is 4.13. The maximum absolute atomic E-state index is 9.00. The fourth-order valence-corrected chi connectivity index (χ4v) is 0.919. The van der Waals surface area contributed by atoms with Crippen molar-refractivity contribution in [3.8, 4) is 0 Å². The summed E-state index contributed by atoms with van der Waals surface area (Å²) in [7, 11) is 0. The number of unbranched alkanes of at least 4 members (excludes halogenated alkanes) is 2. The highest BCUT2D eigenvalue weighted by Gasteiger charge is 1.97. The lowest BCUT2D eigenvalue weighted by Crippen LogP contribution is -2.03. The molecule has 0 aromatic carbocycles. The van der Waals surface area contributed by atoms with Crippen LogP contribution in [0.1, 0.15) is 52.4 Å². The minimum atomic E-state index is -0.560. The molecule has 0 aromatic rings. The molecule has 0 aliphatic rings. The number of rotatable bonds is 9. The first-order valence-corrected chi connectivity index (χ1v) is 7.29. The quantitative estimate of drug-likeness (QED) is 0.334. The van der Waals surface area contributed by atoms with E-state index in [4.69, 9.17) is 30.6 Å². The Hall–Kier alpha value is -0.240. The van der Waals surface area contributed by atoms with E-state index in [0.717, 1.165) is 38.5 Å². The Morgan fingerprint density at radius 3 is 1.35 bits per heavy atom. The molecule has 0 saturated heterocycles. The first-order chi connectivity index (χ1) is 9.49. The van der Waals surface area contributed by atoms with Gasteiger partial charge in [-0.2, -0.15) is 0 Å². The van der Waals surface area contributed by atoms with Crippen LogP contribution in [0.5, 0.6) is 0 Å². The minimum absolute atomic E-state index is 0.139. The van der Waals surface area contributed by atoms with Gasteiger partial charge in [-0.25, -0.2) is 0 Å². The second kappa shape index (κ2) is 23.8. The predicted molar refractivity (Wildman–Crippen MR) is 79.4 cm³/mol. The van der Waals surface area contributed by atoms with Crippen LogP contribution in [0.25, 0.3) is 0 Å². The monoisotopic (exact) mass is 298 g/mol. The van der Waals surface area contributed by atoms with Crippen LogP contribution in [-0.2, 0) is 0 Å². The van der Waals surface area contributed by atoms with Crippen LogP contribution >= 0.6 is 0 Å². The van der Waals surface area contributed by atoms with Crippen molar-refractivity contribution >= 4 is 0 Å². The molecule has 0 fully saturated rings. The summed E-state index contributed by atoms with van der Waals surface area (Å²) in [5.74, 6) is 0. The number of hydrogen-bond acceptors (Lipinski definition) is 6. The SMILES string of the molecule is CC(O)CO.CCC(O)CCCCO.OCCCCO. The Morgan fingerprint density at radius 1 is 0.750 bits per heavy atom. The fraction of sp³-hybridized carbons (Fsp3) is 1.00. The molecule has 0 aromatic heterocycles. The number of aliphatic hydroxyl groups is 6. The molecular formula is C14H34O6. The Balaban J connectivity index is -0.000000230. The zero-order valence-electron chi connectivity index (χ0n) is 12.9. The molecule has 6 heteroatoms. The van der Waals surface area contributed by atoms with Crippen LogP contribution in [-0.4, -0.2) is 69.3 Å². The minimum Gasteiger partial charge on any atom is -0.396 e. The second-order valence-corrected chi connectivity index (χ2v) is 4.47. The highest BCUT2D eigenvalue weighted by Crippen LogP contribution is 2.02. The van der Waals surface area contributed by atoms with Gasteiger partial charge in [0.15, 0.2) is 0 Å². The van der Waals surface area contributed by atoms with Gasteiger partial charge in [0, 0.05) is 19.8 Å². The molecule has 0 aliphatic heterocycles. The Bertz CT molecular complexity index is 140. The normalized spacial score (nSPS) is 12.6. The van der Waals surface area contributed by atoms with Gasteiger partial charge < -0.3 is 30.6 Å². The van der Waals surface area contributed by atoms with E-state index >= 15 is 0 Å². The molecule has 20 heavy (non-hydrogen) atoms. The van der Waals surface area contributed by atoms with Gasteiger partial charge in [0.25, 0.3) is 0 Å². The molecule has 0 amide bonds. The first-order valence-electron chi connectivity index (χ1n) is 7.29. The molecule has 0 saturated carbocycles. The van der Waals surface area contributed by atoms with Crippen molar-refractivity contribution in [1.82, 2.24) is 0 Å². The lowest BCUT2D eigenvalue weighted by Gasteiger charge is -2.04. The molecule has 0 heterocycles. The fourth-order valence-electron chi connectivity index (χ4n) is 0.919. The molecule has 2 atom stereocenters. The zero-order chi connectivity index (χ0) is 16.2. The highest BCUT2D eigenvalue weighted by atomic mass is 16.3. The highest BCUT2D eigenvalue weighted by molar-refractivity contribution is 4.51. The van der Waals surface area contributed by atoms with Gasteiger partial charge in [-0.3, -0.25) is 0 Å². The van der Waals surface area contributed by atoms with E-state index in [9.17, 15) is 0 Å². The average Bonchev–Trinajstić information content (AvgIpc) is 2.46. The smallest absolute Gasteiger partial charge is 0.0742 e. The molecular weight excluding hydrogens is 264 g/mol. The standard InChI is InChI=1S/C7H16O2.C4H10O2.C3H8O2/c1-2-7(9)5-3-4-6-8;5-3-1-2-4-6;1-3(5)2-4/h7-9H,2-6H2,1H3;5-6H,1-4H2;3-5H,2H2,1H3. The summed E-state index contributed by atoms with van der Waals surface area (Å²) < 4.78 is 0. The summed E-state index contributed by atoms with van der Waals surface area (Å²) >= 11 is 0. The molecule has 0 rings (SSSR count). The van der Waals surface area contributed by atoms with Crippen LogP contribution in [0.4, 0.5) is 0 Å². The lowest BCUT2D eigenvalue weighted by molar-refractivity contribution is 0.110. The van der Waals surface area contributed by atoms with Crippen molar-refractivity contribution in [2.24, 2.45) is 0 Å². The van der Waals surface area contributed by atoms with E-state index in [1.54, 1.807) is 0 Å². The van der Waals surface area contributed by atoms with Crippen molar-refractivity contribution in [2.45, 2.75) is 64.6 Å². The maximum atomic E-state index is 9.00. The molecule has 0 radical (unpaired) electrons. The van der Waals surface area contributed by atoms with Crippen molar-refractivity contribution in [3.63, 3.8) is 0 Å². The Morgan fingerprint density at radius 2 is 1.10 bits per heavy atom. The van der Waals surface area contributed by atoms with Crippen molar-refractivity contribution in [2.75, 3.05) is 26.4 Å². The third-order valence-electron chi connectivity index (χ3n) is 2.25. The molecule has 0 bridgehead atoms. The van der Waals surface area contributed by atoms with E-state index in [0.29, 0.717) is 0 Å². The van der Waals surface area contributed by atoms with Crippen LogP contribution in [0.2, 0.25) is 0 Å². The summed E-state index contributed by atoms with van der Waals surface area (Å²) in [5.41, 5.74) is 0. The van der Waals surface area contributed by atoms with Gasteiger partial charge in [-0.1, -0.05) is 6.92 Å². The largest absolute Gasteiger partial charge is 0.396 e. The summed E-state index contributed by atoms with van der Waals surface area (Å²) in [6, 6.07) is 0. The topological polar surface area (TPSA) is 121 Å². The first kappa shape index (κ1) is 24.8. The third kappa shape index (κ3) is 36.1. The van der Waals surface area contributed by atoms with E-state index in [1.165, 1.54) is 6.92 Å². The van der Waals surface area contributed by atoms with Crippen LogP contribution in [0, 0.1) is 0 Å². The van der Waals surface area contributed by atoms with Crippen LogP contribution in [0.15, 0.2) is 0 Å². The molecule has 6 nitrogen and oxygen atoms in total. The Kier molecular flexibility index (Phi) is 29.5. The van der Waals surface area contributed by atoms with Gasteiger partial charge in [0.05, 0.1) is 18.8 Å². The molecule has 0 spiro atoms. The number of aliphatic hydroxyl groups excluding tert-OH is 6. The van der Waals surface area contributed by atoms with Crippen molar-refractivity contribution in [3.05, 3.63) is 0 Å². The van der Waals surface area contributed by atoms with Crippen molar-refractivity contribution in [1.29, 1.82) is 0 Å². The van der Waals surface area contributed by atoms with Crippen LogP contribution in [0.3, 0.4) is 0 Å². The van der Waals surface area contributed by atoms with E-state index in [2.05, 4.69) is 0 Å². The Labute approximate surface area is 122 Å². The average molecular weight is 298 g/mol. The van der Waals surface area contributed by atoms with E-state index in [1.807, 2.05) is 6.92 Å². The van der Waals surface area contributed by atoms with Gasteiger partial charge in [-0.15, -0.1) is 0 Å².